The SMILES string of the molecule is N#C/C(=N/N=C(/C#N)c1ccc(Cl)cc1)c1ccc(Cl)cc1. The standard InChI is InChI=1S/C16H8Cl2N4/c17-13-5-1-11(2-6-13)15(9-19)21-22-16(10-20)12-3-7-14(18)8-4-12/h1-8H/b21-15-,22-16-. The smallest absolute Gasteiger partial charge is 0.170 e. The first-order chi connectivity index (χ1) is 10.6. The molecule has 0 amide bonds. The lowest BCUT2D eigenvalue weighted by Crippen LogP contribution is -1.99. The van der Waals surface area contributed by atoms with E-state index in [0.29, 0.717) is 21.2 Å². The fourth-order valence-corrected chi connectivity index (χ4v) is 1.86. The second-order valence-electron chi connectivity index (χ2n) is 4.13. The second kappa shape index (κ2) is 7.38. The molecule has 0 saturated carbocycles. The lowest BCUT2D eigenvalue weighted by atomic mass is 10.1. The van der Waals surface area contributed by atoms with Crippen LogP contribution in [0.4, 0.5) is 0 Å². The molecule has 2 rings (SSSR count). The highest BCUT2D eigenvalue weighted by Gasteiger charge is 2.05. The summed E-state index contributed by atoms with van der Waals surface area (Å²) in [5.41, 5.74) is 1.34. The fourth-order valence-electron chi connectivity index (χ4n) is 1.60. The minimum Gasteiger partial charge on any atom is -0.191 e. The fraction of sp³-hybridized carbons (Fsp3) is 0. The maximum absolute atomic E-state index is 9.16. The zero-order valence-electron chi connectivity index (χ0n) is 11.2. The average Bonchev–Trinajstić information content (AvgIpc) is 2.54. The third-order valence-corrected chi connectivity index (χ3v) is 3.20. The van der Waals surface area contributed by atoms with Crippen LogP contribution in [0.2, 0.25) is 10.0 Å². The summed E-state index contributed by atoms with van der Waals surface area (Å²) in [5.74, 6) is 0. The van der Waals surface area contributed by atoms with E-state index in [2.05, 4.69) is 10.2 Å². The molecule has 22 heavy (non-hydrogen) atoms. The number of nitriles is 2. The molecule has 0 bridgehead atoms. The predicted molar refractivity (Wildman–Crippen MR) is 87.2 cm³/mol. The molecule has 2 aromatic carbocycles. The molecule has 2 aromatic rings. The van der Waals surface area contributed by atoms with Gasteiger partial charge in [-0.25, -0.2) is 0 Å². The van der Waals surface area contributed by atoms with Crippen molar-refractivity contribution in [2.45, 2.75) is 0 Å². The van der Waals surface area contributed by atoms with Crippen molar-refractivity contribution < 1.29 is 0 Å². The third kappa shape index (κ3) is 3.93. The summed E-state index contributed by atoms with van der Waals surface area (Å²) in [6.45, 7) is 0. The van der Waals surface area contributed by atoms with Gasteiger partial charge in [-0.15, -0.1) is 10.2 Å². The van der Waals surface area contributed by atoms with Crippen molar-refractivity contribution in [3.05, 3.63) is 69.7 Å². The molecule has 0 spiro atoms. The molecule has 4 nitrogen and oxygen atoms in total. The third-order valence-electron chi connectivity index (χ3n) is 2.70. The Balaban J connectivity index is 2.36. The van der Waals surface area contributed by atoms with Crippen LogP contribution in [0.25, 0.3) is 0 Å². The Morgan fingerprint density at radius 1 is 0.682 bits per heavy atom. The molecule has 0 radical (unpaired) electrons. The first kappa shape index (κ1) is 15.7. The Labute approximate surface area is 137 Å². The molecule has 0 aliphatic carbocycles. The molecule has 0 atom stereocenters. The first-order valence-electron chi connectivity index (χ1n) is 6.12. The van der Waals surface area contributed by atoms with Crippen molar-refractivity contribution in [1.29, 1.82) is 10.5 Å². The van der Waals surface area contributed by atoms with Crippen LogP contribution in [0.1, 0.15) is 11.1 Å². The molecule has 0 aliphatic heterocycles. The van der Waals surface area contributed by atoms with E-state index in [0.717, 1.165) is 0 Å². The van der Waals surface area contributed by atoms with Gasteiger partial charge in [-0.1, -0.05) is 47.5 Å². The zero-order valence-corrected chi connectivity index (χ0v) is 12.7. The zero-order chi connectivity index (χ0) is 15.9. The quantitative estimate of drug-likeness (QED) is 0.625. The maximum atomic E-state index is 9.16. The van der Waals surface area contributed by atoms with Crippen LogP contribution >= 0.6 is 23.2 Å². The largest absolute Gasteiger partial charge is 0.191 e. The molecular formula is C16H8Cl2N4. The van der Waals surface area contributed by atoms with Gasteiger partial charge in [0.15, 0.2) is 11.4 Å². The Bertz CT molecular complexity index is 736. The molecule has 0 heterocycles. The Kier molecular flexibility index (Phi) is 5.27. The van der Waals surface area contributed by atoms with Gasteiger partial charge in [-0.3, -0.25) is 0 Å². The molecular weight excluding hydrogens is 319 g/mol. The van der Waals surface area contributed by atoms with Crippen molar-refractivity contribution >= 4 is 34.6 Å². The summed E-state index contributed by atoms with van der Waals surface area (Å²) in [6.07, 6.45) is 0. The number of rotatable bonds is 3. The van der Waals surface area contributed by atoms with Crippen molar-refractivity contribution in [2.24, 2.45) is 10.2 Å². The molecule has 106 valence electrons. The number of benzene rings is 2. The lowest BCUT2D eigenvalue weighted by molar-refractivity contribution is 1.24. The van der Waals surface area contributed by atoms with E-state index in [9.17, 15) is 0 Å². The number of nitrogens with zero attached hydrogens (tertiary/aromatic N) is 4. The van der Waals surface area contributed by atoms with Gasteiger partial charge < -0.3 is 0 Å². The van der Waals surface area contributed by atoms with Gasteiger partial charge in [0.1, 0.15) is 12.1 Å². The highest BCUT2D eigenvalue weighted by molar-refractivity contribution is 6.31. The maximum Gasteiger partial charge on any atom is 0.170 e. The van der Waals surface area contributed by atoms with Crippen LogP contribution < -0.4 is 0 Å². The van der Waals surface area contributed by atoms with Crippen LogP contribution in [0.3, 0.4) is 0 Å². The predicted octanol–water partition coefficient (Wildman–Crippen LogP) is 4.23. The Morgan fingerprint density at radius 2 is 1.00 bits per heavy atom. The van der Waals surface area contributed by atoms with Crippen LogP contribution in [0.15, 0.2) is 58.7 Å². The lowest BCUT2D eigenvalue weighted by Gasteiger charge is -1.98. The Morgan fingerprint density at radius 3 is 1.27 bits per heavy atom. The molecule has 0 unspecified atom stereocenters. The van der Waals surface area contributed by atoms with Crippen molar-refractivity contribution in [3.8, 4) is 12.1 Å². The summed E-state index contributed by atoms with van der Waals surface area (Å²) >= 11 is 11.6. The number of hydrogen-bond acceptors (Lipinski definition) is 4. The number of halogens is 2. The van der Waals surface area contributed by atoms with E-state index in [1.807, 2.05) is 12.1 Å². The summed E-state index contributed by atoms with van der Waals surface area (Å²) in [5, 5.41) is 27.1. The van der Waals surface area contributed by atoms with Gasteiger partial charge in [-0.2, -0.15) is 10.5 Å². The van der Waals surface area contributed by atoms with E-state index >= 15 is 0 Å². The molecule has 0 N–H and O–H groups in total. The minimum absolute atomic E-state index is 0.0957. The first-order valence-corrected chi connectivity index (χ1v) is 6.87. The summed E-state index contributed by atoms with van der Waals surface area (Å²) in [6, 6.07) is 17.1. The normalized spacial score (nSPS) is 11.6. The monoisotopic (exact) mass is 326 g/mol. The van der Waals surface area contributed by atoms with E-state index < -0.39 is 0 Å². The minimum atomic E-state index is 0.0957. The summed E-state index contributed by atoms with van der Waals surface area (Å²) < 4.78 is 0. The van der Waals surface area contributed by atoms with Gasteiger partial charge in [0.2, 0.25) is 0 Å². The van der Waals surface area contributed by atoms with Crippen molar-refractivity contribution in [1.82, 2.24) is 0 Å². The summed E-state index contributed by atoms with van der Waals surface area (Å²) in [7, 11) is 0. The summed E-state index contributed by atoms with van der Waals surface area (Å²) in [4.78, 5) is 0. The molecule has 0 aliphatic rings. The molecule has 0 aromatic heterocycles. The van der Waals surface area contributed by atoms with Gasteiger partial charge in [0.05, 0.1) is 0 Å². The Hall–Kier alpha value is -2.66. The molecule has 0 saturated heterocycles. The van der Waals surface area contributed by atoms with Gasteiger partial charge in [-0.05, 0) is 24.3 Å². The van der Waals surface area contributed by atoms with Gasteiger partial charge in [0, 0.05) is 21.2 Å². The second-order valence-corrected chi connectivity index (χ2v) is 5.01. The van der Waals surface area contributed by atoms with E-state index in [1.54, 1.807) is 48.5 Å². The van der Waals surface area contributed by atoms with E-state index in [1.165, 1.54) is 0 Å². The van der Waals surface area contributed by atoms with Crippen molar-refractivity contribution in [2.75, 3.05) is 0 Å². The highest BCUT2D eigenvalue weighted by atomic mass is 35.5. The van der Waals surface area contributed by atoms with Crippen LogP contribution in [0.5, 0.6) is 0 Å². The molecule has 0 fully saturated rings. The van der Waals surface area contributed by atoms with E-state index in [-0.39, 0.29) is 11.4 Å². The number of hydrogen-bond donors (Lipinski definition) is 0. The van der Waals surface area contributed by atoms with Gasteiger partial charge >= 0.3 is 0 Å². The van der Waals surface area contributed by atoms with Crippen LogP contribution in [-0.2, 0) is 0 Å². The van der Waals surface area contributed by atoms with Crippen molar-refractivity contribution in [3.63, 3.8) is 0 Å². The highest BCUT2D eigenvalue weighted by Crippen LogP contribution is 2.12. The topological polar surface area (TPSA) is 72.3 Å². The van der Waals surface area contributed by atoms with Crippen LogP contribution in [0, 0.1) is 22.7 Å². The van der Waals surface area contributed by atoms with Gasteiger partial charge in [0.25, 0.3) is 0 Å². The van der Waals surface area contributed by atoms with Crippen LogP contribution in [-0.4, -0.2) is 11.4 Å². The molecule has 6 heteroatoms. The average molecular weight is 327 g/mol. The van der Waals surface area contributed by atoms with E-state index in [4.69, 9.17) is 33.7 Å².